The fourth-order valence-corrected chi connectivity index (χ4v) is 2.37. The fraction of sp³-hybridized carbons (Fsp3) is 0.462. The molecule has 2 rings (SSSR count). The molecule has 1 aliphatic rings. The lowest BCUT2D eigenvalue weighted by molar-refractivity contribution is 0.231. The van der Waals surface area contributed by atoms with Crippen LogP contribution in [0.4, 0.5) is 4.39 Å². The second kappa shape index (κ2) is 3.88. The number of nitrogens with zero attached hydrogens (tertiary/aromatic N) is 2. The largest absolute Gasteiger partial charge is 0.301 e. The topological polar surface area (TPSA) is 27.0 Å². The Hall–Kier alpha value is -1.40. The Kier molecular flexibility index (Phi) is 2.69. The van der Waals surface area contributed by atoms with E-state index in [9.17, 15) is 9.65 Å². The van der Waals surface area contributed by atoms with Crippen molar-refractivity contribution < 1.29 is 4.39 Å². The normalized spacial score (nSPS) is 19.2. The van der Waals surface area contributed by atoms with Gasteiger partial charge >= 0.3 is 0 Å². The van der Waals surface area contributed by atoms with E-state index in [1.165, 1.54) is 12.1 Å². The molecule has 1 fully saturated rings. The van der Waals surface area contributed by atoms with Crippen LogP contribution in [0.1, 0.15) is 24.4 Å². The summed E-state index contributed by atoms with van der Waals surface area (Å²) in [5.41, 5.74) is 0.584. The molecule has 0 heterocycles. The summed E-state index contributed by atoms with van der Waals surface area (Å²) in [6.07, 6.45) is 1.81. The minimum atomic E-state index is -0.308. The van der Waals surface area contributed by atoms with Gasteiger partial charge < -0.3 is 4.90 Å². The first kappa shape index (κ1) is 11.1. The SMILES string of the molecule is CN(C)C(c1cccc(F)c1)C1(C#N)CC1. The zero-order chi connectivity index (χ0) is 11.8. The van der Waals surface area contributed by atoms with Gasteiger partial charge in [-0.25, -0.2) is 4.39 Å². The van der Waals surface area contributed by atoms with Crippen LogP contribution in [0.3, 0.4) is 0 Å². The smallest absolute Gasteiger partial charge is 0.123 e. The van der Waals surface area contributed by atoms with E-state index in [1.807, 2.05) is 25.1 Å². The maximum atomic E-state index is 13.2. The lowest BCUT2D eigenvalue weighted by Crippen LogP contribution is -2.28. The summed E-state index contributed by atoms with van der Waals surface area (Å²) < 4.78 is 13.2. The molecule has 1 saturated carbocycles. The van der Waals surface area contributed by atoms with Crippen LogP contribution in [0.15, 0.2) is 24.3 Å². The lowest BCUT2D eigenvalue weighted by atomic mass is 9.90. The number of hydrogen-bond donors (Lipinski definition) is 0. The maximum absolute atomic E-state index is 13.2. The Morgan fingerprint density at radius 2 is 2.12 bits per heavy atom. The highest BCUT2D eigenvalue weighted by atomic mass is 19.1. The summed E-state index contributed by atoms with van der Waals surface area (Å²) in [6, 6.07) is 8.94. The summed E-state index contributed by atoms with van der Waals surface area (Å²) >= 11 is 0. The van der Waals surface area contributed by atoms with Gasteiger partial charge in [-0.15, -0.1) is 0 Å². The third-order valence-electron chi connectivity index (χ3n) is 3.22. The maximum Gasteiger partial charge on any atom is 0.123 e. The van der Waals surface area contributed by atoms with E-state index in [0.29, 0.717) is 0 Å². The van der Waals surface area contributed by atoms with Crippen molar-refractivity contribution in [1.82, 2.24) is 4.90 Å². The van der Waals surface area contributed by atoms with Crippen LogP contribution in [-0.2, 0) is 0 Å². The first-order valence-electron chi connectivity index (χ1n) is 5.42. The van der Waals surface area contributed by atoms with Gasteiger partial charge in [0.25, 0.3) is 0 Å². The van der Waals surface area contributed by atoms with Gasteiger partial charge in [0.15, 0.2) is 0 Å². The monoisotopic (exact) mass is 218 g/mol. The zero-order valence-electron chi connectivity index (χ0n) is 9.57. The van der Waals surface area contributed by atoms with Gasteiger partial charge in [0.2, 0.25) is 0 Å². The van der Waals surface area contributed by atoms with E-state index < -0.39 is 0 Å². The molecule has 0 aromatic heterocycles. The second-order valence-electron chi connectivity index (χ2n) is 4.69. The standard InChI is InChI=1S/C13H15FN2/c1-16(2)12(13(9-15)6-7-13)10-4-3-5-11(14)8-10/h3-5,8,12H,6-7H2,1-2H3. The molecule has 3 heteroatoms. The van der Waals surface area contributed by atoms with Crippen LogP contribution in [-0.4, -0.2) is 19.0 Å². The minimum Gasteiger partial charge on any atom is -0.301 e. The lowest BCUT2D eigenvalue weighted by Gasteiger charge is -2.28. The third-order valence-corrected chi connectivity index (χ3v) is 3.22. The summed E-state index contributed by atoms with van der Waals surface area (Å²) in [7, 11) is 3.87. The Bertz CT molecular complexity index is 430. The molecule has 1 aromatic carbocycles. The quantitative estimate of drug-likeness (QED) is 0.780. The highest BCUT2D eigenvalue weighted by Crippen LogP contribution is 2.56. The molecule has 0 bridgehead atoms. The predicted molar refractivity (Wildman–Crippen MR) is 60.1 cm³/mol. The van der Waals surface area contributed by atoms with Crippen LogP contribution >= 0.6 is 0 Å². The van der Waals surface area contributed by atoms with Crippen LogP contribution in [0.25, 0.3) is 0 Å². The number of halogens is 1. The van der Waals surface area contributed by atoms with Crippen molar-refractivity contribution in [1.29, 1.82) is 5.26 Å². The molecule has 84 valence electrons. The fourth-order valence-electron chi connectivity index (χ4n) is 2.37. The Balaban J connectivity index is 2.38. The molecular formula is C13H15FN2. The van der Waals surface area contributed by atoms with E-state index >= 15 is 0 Å². The van der Waals surface area contributed by atoms with Gasteiger partial charge in [0.1, 0.15) is 5.82 Å². The summed E-state index contributed by atoms with van der Waals surface area (Å²) in [4.78, 5) is 2.00. The molecule has 1 aliphatic carbocycles. The summed E-state index contributed by atoms with van der Waals surface area (Å²) in [5, 5.41) is 9.24. The van der Waals surface area contributed by atoms with Crippen molar-refractivity contribution in [3.8, 4) is 6.07 Å². The highest BCUT2D eigenvalue weighted by molar-refractivity contribution is 5.29. The number of nitriles is 1. The molecule has 0 radical (unpaired) electrons. The molecule has 1 atom stereocenters. The van der Waals surface area contributed by atoms with Crippen molar-refractivity contribution in [2.75, 3.05) is 14.1 Å². The molecule has 0 amide bonds. The Labute approximate surface area is 95.3 Å². The molecule has 1 unspecified atom stereocenters. The number of hydrogen-bond acceptors (Lipinski definition) is 2. The summed E-state index contributed by atoms with van der Waals surface area (Å²) in [6.45, 7) is 0. The van der Waals surface area contributed by atoms with Crippen molar-refractivity contribution in [2.45, 2.75) is 18.9 Å². The molecule has 0 spiro atoms. The highest BCUT2D eigenvalue weighted by Gasteiger charge is 2.51. The zero-order valence-corrected chi connectivity index (χ0v) is 9.57. The third kappa shape index (κ3) is 1.81. The molecule has 2 nitrogen and oxygen atoms in total. The van der Waals surface area contributed by atoms with Gasteiger partial charge in [-0.3, -0.25) is 0 Å². The Morgan fingerprint density at radius 1 is 1.44 bits per heavy atom. The van der Waals surface area contributed by atoms with E-state index in [4.69, 9.17) is 0 Å². The van der Waals surface area contributed by atoms with Gasteiger partial charge in [-0.2, -0.15) is 5.26 Å². The van der Waals surface area contributed by atoms with Crippen molar-refractivity contribution >= 4 is 0 Å². The van der Waals surface area contributed by atoms with Crippen molar-refractivity contribution in [2.24, 2.45) is 5.41 Å². The van der Waals surface area contributed by atoms with Crippen molar-refractivity contribution in [3.05, 3.63) is 35.6 Å². The van der Waals surface area contributed by atoms with Gasteiger partial charge in [-0.1, -0.05) is 12.1 Å². The van der Waals surface area contributed by atoms with Crippen LogP contribution in [0.5, 0.6) is 0 Å². The Morgan fingerprint density at radius 3 is 2.56 bits per heavy atom. The second-order valence-corrected chi connectivity index (χ2v) is 4.69. The predicted octanol–water partition coefficient (Wildman–Crippen LogP) is 2.73. The molecular weight excluding hydrogens is 203 g/mol. The molecule has 0 N–H and O–H groups in total. The van der Waals surface area contributed by atoms with Crippen LogP contribution in [0, 0.1) is 22.6 Å². The first-order valence-corrected chi connectivity index (χ1v) is 5.42. The molecule has 16 heavy (non-hydrogen) atoms. The number of rotatable bonds is 3. The van der Waals surface area contributed by atoms with E-state index in [0.717, 1.165) is 18.4 Å². The van der Waals surface area contributed by atoms with Crippen LogP contribution in [0.2, 0.25) is 0 Å². The van der Waals surface area contributed by atoms with Crippen LogP contribution < -0.4 is 0 Å². The average Bonchev–Trinajstić information content (AvgIpc) is 2.99. The molecule has 0 aliphatic heterocycles. The van der Waals surface area contributed by atoms with E-state index in [1.54, 1.807) is 6.07 Å². The van der Waals surface area contributed by atoms with Gasteiger partial charge in [-0.05, 0) is 44.6 Å². The summed E-state index contributed by atoms with van der Waals surface area (Å²) in [5.74, 6) is -0.238. The molecule has 0 saturated heterocycles. The molecule has 1 aromatic rings. The number of benzene rings is 1. The minimum absolute atomic E-state index is 0.00630. The van der Waals surface area contributed by atoms with E-state index in [2.05, 4.69) is 6.07 Å². The van der Waals surface area contributed by atoms with Crippen molar-refractivity contribution in [3.63, 3.8) is 0 Å². The van der Waals surface area contributed by atoms with Gasteiger partial charge in [0.05, 0.1) is 17.5 Å². The first-order chi connectivity index (χ1) is 7.59. The average molecular weight is 218 g/mol. The van der Waals surface area contributed by atoms with Gasteiger partial charge in [0, 0.05) is 0 Å². The van der Waals surface area contributed by atoms with E-state index in [-0.39, 0.29) is 17.3 Å².